The molecule has 3 rings (SSSR count). The van der Waals surface area contributed by atoms with Crippen molar-refractivity contribution in [2.24, 2.45) is 0 Å². The van der Waals surface area contributed by atoms with E-state index in [1.54, 1.807) is 11.8 Å². The minimum absolute atomic E-state index is 0.598. The van der Waals surface area contributed by atoms with Crippen molar-refractivity contribution < 1.29 is 4.74 Å². The van der Waals surface area contributed by atoms with Crippen LogP contribution in [0.1, 0.15) is 23.7 Å². The lowest BCUT2D eigenvalue weighted by Gasteiger charge is -2.09. The van der Waals surface area contributed by atoms with Crippen molar-refractivity contribution in [3.63, 3.8) is 0 Å². The molecule has 0 N–H and O–H groups in total. The lowest BCUT2D eigenvalue weighted by molar-refractivity contribution is 0.454. The average molecular weight is 336 g/mol. The molecule has 0 aliphatic heterocycles. The summed E-state index contributed by atoms with van der Waals surface area (Å²) in [4.78, 5) is 9.14. The molecule has 122 valence electrons. The molecule has 0 aliphatic carbocycles. The Balaban J connectivity index is 1.76. The topological polar surface area (TPSA) is 35.0 Å². The number of aryl methyl sites for hydroxylation is 2. The molecule has 1 aromatic heterocycles. The van der Waals surface area contributed by atoms with E-state index >= 15 is 0 Å². The van der Waals surface area contributed by atoms with Crippen molar-refractivity contribution >= 4 is 11.8 Å². The highest BCUT2D eigenvalue weighted by Gasteiger charge is 2.07. The normalized spacial score (nSPS) is 10.6. The van der Waals surface area contributed by atoms with Gasteiger partial charge in [0.05, 0.1) is 0 Å². The van der Waals surface area contributed by atoms with Crippen LogP contribution in [0.4, 0.5) is 0 Å². The Bertz CT molecular complexity index is 788. The van der Waals surface area contributed by atoms with Crippen LogP contribution in [-0.4, -0.2) is 9.97 Å². The molecule has 0 unspecified atom stereocenters. The van der Waals surface area contributed by atoms with Gasteiger partial charge in [-0.2, -0.15) is 4.98 Å². The first-order valence-electron chi connectivity index (χ1n) is 8.02. The van der Waals surface area contributed by atoms with Gasteiger partial charge in [-0.1, -0.05) is 66.7 Å². The van der Waals surface area contributed by atoms with Crippen molar-refractivity contribution in [3.8, 4) is 11.6 Å². The molecule has 1 heterocycles. The molecular weight excluding hydrogens is 316 g/mol. The second-order valence-corrected chi connectivity index (χ2v) is 6.47. The molecule has 0 amide bonds. The lowest BCUT2D eigenvalue weighted by Crippen LogP contribution is -1.97. The molecule has 0 radical (unpaired) electrons. The van der Waals surface area contributed by atoms with E-state index < -0.39 is 0 Å². The monoisotopic (exact) mass is 336 g/mol. The Hall–Kier alpha value is -2.33. The zero-order valence-electron chi connectivity index (χ0n) is 13.9. The predicted octanol–water partition coefficient (Wildman–Crippen LogP) is 5.43. The number of thioether (sulfide) groups is 1. The number of rotatable bonds is 6. The van der Waals surface area contributed by atoms with Gasteiger partial charge in [0.1, 0.15) is 5.75 Å². The van der Waals surface area contributed by atoms with Crippen LogP contribution in [0.25, 0.3) is 0 Å². The standard InChI is InChI=1S/C20H20N2OS/c1-3-17-13-19(23-18-11-9-15(2)10-12-18)22-20(21-17)24-14-16-7-5-4-6-8-16/h4-13H,3,14H2,1-2H3. The molecule has 0 aliphatic rings. The predicted molar refractivity (Wildman–Crippen MR) is 98.7 cm³/mol. The van der Waals surface area contributed by atoms with Crippen LogP contribution in [-0.2, 0) is 12.2 Å². The first-order valence-corrected chi connectivity index (χ1v) is 9.00. The number of hydrogen-bond donors (Lipinski definition) is 0. The highest BCUT2D eigenvalue weighted by atomic mass is 32.2. The van der Waals surface area contributed by atoms with Gasteiger partial charge in [-0.15, -0.1) is 0 Å². The fourth-order valence-corrected chi connectivity index (χ4v) is 3.02. The van der Waals surface area contributed by atoms with Crippen molar-refractivity contribution in [1.29, 1.82) is 0 Å². The highest BCUT2D eigenvalue weighted by molar-refractivity contribution is 7.98. The molecule has 3 nitrogen and oxygen atoms in total. The maximum atomic E-state index is 5.90. The number of benzene rings is 2. The third-order valence-electron chi connectivity index (χ3n) is 3.55. The summed E-state index contributed by atoms with van der Waals surface area (Å²) in [6.07, 6.45) is 0.853. The maximum absolute atomic E-state index is 5.90. The van der Waals surface area contributed by atoms with Gasteiger partial charge in [0.25, 0.3) is 0 Å². The second kappa shape index (κ2) is 7.97. The molecule has 0 saturated heterocycles. The van der Waals surface area contributed by atoms with E-state index in [0.717, 1.165) is 28.8 Å². The third-order valence-corrected chi connectivity index (χ3v) is 4.47. The van der Waals surface area contributed by atoms with Gasteiger partial charge in [-0.05, 0) is 31.0 Å². The van der Waals surface area contributed by atoms with Gasteiger partial charge in [-0.3, -0.25) is 0 Å². The Kier molecular flexibility index (Phi) is 5.49. The second-order valence-electron chi connectivity index (χ2n) is 5.52. The molecule has 3 aromatic rings. The van der Waals surface area contributed by atoms with Gasteiger partial charge < -0.3 is 4.74 Å². The van der Waals surface area contributed by atoms with Crippen LogP contribution in [0.3, 0.4) is 0 Å². The largest absolute Gasteiger partial charge is 0.439 e. The van der Waals surface area contributed by atoms with Crippen molar-refractivity contribution in [3.05, 3.63) is 77.5 Å². The zero-order chi connectivity index (χ0) is 16.8. The quantitative estimate of drug-likeness (QED) is 0.444. The maximum Gasteiger partial charge on any atom is 0.223 e. The Morgan fingerprint density at radius 2 is 1.71 bits per heavy atom. The minimum Gasteiger partial charge on any atom is -0.439 e. The number of nitrogens with zero attached hydrogens (tertiary/aromatic N) is 2. The van der Waals surface area contributed by atoms with E-state index in [4.69, 9.17) is 4.74 Å². The fraction of sp³-hybridized carbons (Fsp3) is 0.200. The Morgan fingerprint density at radius 1 is 0.958 bits per heavy atom. The number of aromatic nitrogens is 2. The van der Waals surface area contributed by atoms with Crippen LogP contribution in [0.15, 0.2) is 65.8 Å². The molecule has 0 atom stereocenters. The molecular formula is C20H20N2OS. The van der Waals surface area contributed by atoms with Gasteiger partial charge in [0.2, 0.25) is 5.88 Å². The van der Waals surface area contributed by atoms with Crippen molar-refractivity contribution in [1.82, 2.24) is 9.97 Å². The zero-order valence-corrected chi connectivity index (χ0v) is 14.7. The van der Waals surface area contributed by atoms with E-state index in [1.165, 1.54) is 11.1 Å². The van der Waals surface area contributed by atoms with E-state index in [1.807, 2.05) is 48.5 Å². The van der Waals surface area contributed by atoms with Crippen molar-refractivity contribution in [2.45, 2.75) is 31.2 Å². The van der Waals surface area contributed by atoms with Crippen molar-refractivity contribution in [2.75, 3.05) is 0 Å². The third kappa shape index (κ3) is 4.59. The molecule has 0 saturated carbocycles. The van der Waals surface area contributed by atoms with Crippen LogP contribution in [0.5, 0.6) is 11.6 Å². The summed E-state index contributed by atoms with van der Waals surface area (Å²) >= 11 is 1.63. The van der Waals surface area contributed by atoms with Crippen LogP contribution < -0.4 is 4.74 Å². The van der Waals surface area contributed by atoms with Crippen LogP contribution in [0, 0.1) is 6.92 Å². The van der Waals surface area contributed by atoms with Gasteiger partial charge >= 0.3 is 0 Å². The molecule has 0 fully saturated rings. The number of ether oxygens (including phenoxy) is 1. The summed E-state index contributed by atoms with van der Waals surface area (Å²) in [5, 5.41) is 0.750. The Morgan fingerprint density at radius 3 is 2.42 bits per heavy atom. The highest BCUT2D eigenvalue weighted by Crippen LogP contribution is 2.25. The average Bonchev–Trinajstić information content (AvgIpc) is 2.62. The first-order chi connectivity index (χ1) is 11.7. The van der Waals surface area contributed by atoms with E-state index in [9.17, 15) is 0 Å². The summed E-state index contributed by atoms with van der Waals surface area (Å²) in [6.45, 7) is 4.14. The molecule has 4 heteroatoms. The van der Waals surface area contributed by atoms with E-state index in [0.29, 0.717) is 5.88 Å². The van der Waals surface area contributed by atoms with Crippen LogP contribution in [0.2, 0.25) is 0 Å². The Labute approximate surface area is 147 Å². The molecule has 0 bridgehead atoms. The summed E-state index contributed by atoms with van der Waals surface area (Å²) in [5.41, 5.74) is 3.45. The van der Waals surface area contributed by atoms with E-state index in [2.05, 4.69) is 35.9 Å². The first kappa shape index (κ1) is 16.5. The fourth-order valence-electron chi connectivity index (χ4n) is 2.20. The van der Waals surface area contributed by atoms with Gasteiger partial charge in [-0.25, -0.2) is 4.98 Å². The molecule has 24 heavy (non-hydrogen) atoms. The van der Waals surface area contributed by atoms with Crippen LogP contribution >= 0.6 is 11.8 Å². The van der Waals surface area contributed by atoms with Gasteiger partial charge in [0.15, 0.2) is 5.16 Å². The lowest BCUT2D eigenvalue weighted by atomic mass is 10.2. The molecule has 0 spiro atoms. The SMILES string of the molecule is CCc1cc(Oc2ccc(C)cc2)nc(SCc2ccccc2)n1. The number of hydrogen-bond acceptors (Lipinski definition) is 4. The summed E-state index contributed by atoms with van der Waals surface area (Å²) in [7, 11) is 0. The van der Waals surface area contributed by atoms with Gasteiger partial charge in [0, 0.05) is 17.5 Å². The summed E-state index contributed by atoms with van der Waals surface area (Å²) < 4.78 is 5.90. The smallest absolute Gasteiger partial charge is 0.223 e. The minimum atomic E-state index is 0.598. The van der Waals surface area contributed by atoms with E-state index in [-0.39, 0.29) is 0 Å². The molecule has 2 aromatic carbocycles. The summed E-state index contributed by atoms with van der Waals surface area (Å²) in [6, 6.07) is 20.2. The summed E-state index contributed by atoms with van der Waals surface area (Å²) in [5.74, 6) is 2.24.